The van der Waals surface area contributed by atoms with Crippen LogP contribution in [0.15, 0.2) is 54.6 Å². The molecule has 190 valence electrons. The van der Waals surface area contributed by atoms with E-state index in [1.165, 1.54) is 38.0 Å². The van der Waals surface area contributed by atoms with E-state index in [-0.39, 0.29) is 6.42 Å². The van der Waals surface area contributed by atoms with Gasteiger partial charge in [-0.2, -0.15) is 0 Å². The molecule has 0 aliphatic carbocycles. The summed E-state index contributed by atoms with van der Waals surface area (Å²) in [6, 6.07) is 16.1. The van der Waals surface area contributed by atoms with Crippen LogP contribution in [0.25, 0.3) is 11.1 Å². The number of nitrogens with one attached hydrogen (secondary N) is 1. The van der Waals surface area contributed by atoms with Gasteiger partial charge in [0, 0.05) is 28.2 Å². The SMILES string of the molecule is CN(C)C(=O)COP(=O)(CN[C@@H](Cc1ccc(-c2ccccc2)cc1)C(=O)O)OCC(=O)N(C)C. The van der Waals surface area contributed by atoms with E-state index in [0.29, 0.717) is 0 Å². The third-order valence-corrected chi connectivity index (χ3v) is 6.71. The molecule has 2 amide bonds. The lowest BCUT2D eigenvalue weighted by Crippen LogP contribution is -2.39. The Morgan fingerprint density at radius 2 is 1.34 bits per heavy atom. The summed E-state index contributed by atoms with van der Waals surface area (Å²) < 4.78 is 23.7. The number of rotatable bonds is 13. The zero-order valence-electron chi connectivity index (χ0n) is 20.3. The lowest BCUT2D eigenvalue weighted by atomic mass is 10.0. The molecule has 0 aromatic heterocycles. The molecule has 0 saturated carbocycles. The van der Waals surface area contributed by atoms with Crippen molar-refractivity contribution in [2.45, 2.75) is 12.5 Å². The molecular formula is C24H32N3O7P. The molecule has 0 aliphatic heterocycles. The van der Waals surface area contributed by atoms with Gasteiger partial charge in [-0.3, -0.25) is 33.3 Å². The van der Waals surface area contributed by atoms with Gasteiger partial charge in [-0.05, 0) is 23.1 Å². The number of hydrogen-bond acceptors (Lipinski definition) is 7. The fourth-order valence-electron chi connectivity index (χ4n) is 2.86. The summed E-state index contributed by atoms with van der Waals surface area (Å²) in [5.74, 6) is -2.07. The highest BCUT2D eigenvalue weighted by Gasteiger charge is 2.30. The number of carboxylic acid groups (broad SMARTS) is 1. The quantitative estimate of drug-likeness (QED) is 0.397. The molecule has 2 aromatic rings. The molecule has 0 fully saturated rings. The van der Waals surface area contributed by atoms with Crippen molar-refractivity contribution in [3.8, 4) is 11.1 Å². The lowest BCUT2D eigenvalue weighted by molar-refractivity contribution is -0.139. The Morgan fingerprint density at radius 1 is 0.857 bits per heavy atom. The van der Waals surface area contributed by atoms with E-state index in [1.807, 2.05) is 54.6 Å². The molecule has 2 rings (SSSR count). The largest absolute Gasteiger partial charge is 0.480 e. The van der Waals surface area contributed by atoms with E-state index in [9.17, 15) is 24.1 Å². The third-order valence-electron chi connectivity index (χ3n) is 5.10. The van der Waals surface area contributed by atoms with Crippen molar-refractivity contribution in [1.82, 2.24) is 15.1 Å². The first kappa shape index (κ1) is 28.2. The van der Waals surface area contributed by atoms with Crippen molar-refractivity contribution in [3.05, 3.63) is 60.2 Å². The second kappa shape index (κ2) is 13.2. The molecule has 0 heterocycles. The van der Waals surface area contributed by atoms with Crippen LogP contribution in [0.1, 0.15) is 5.56 Å². The summed E-state index contributed by atoms with van der Waals surface area (Å²) in [5.41, 5.74) is 2.80. The number of aliphatic carboxylic acids is 1. The Balaban J connectivity index is 2.08. The summed E-state index contributed by atoms with van der Waals surface area (Å²) in [6.07, 6.45) is -0.384. The van der Waals surface area contributed by atoms with Crippen LogP contribution >= 0.6 is 7.60 Å². The predicted octanol–water partition coefficient (Wildman–Crippen LogP) is 2.30. The predicted molar refractivity (Wildman–Crippen MR) is 132 cm³/mol. The summed E-state index contributed by atoms with van der Waals surface area (Å²) in [5, 5.41) is 12.4. The maximum atomic E-state index is 13.2. The third kappa shape index (κ3) is 9.26. The highest BCUT2D eigenvalue weighted by atomic mass is 31.2. The van der Waals surface area contributed by atoms with Crippen LogP contribution in [0, 0.1) is 0 Å². The zero-order chi connectivity index (χ0) is 26.0. The summed E-state index contributed by atoms with van der Waals surface area (Å²) in [6.45, 7) is -1.08. The number of likely N-dealkylation sites (N-methyl/N-ethyl adjacent to an activating group) is 2. The van der Waals surface area contributed by atoms with E-state index in [1.54, 1.807) is 0 Å². The van der Waals surface area contributed by atoms with Crippen LogP contribution in [0.5, 0.6) is 0 Å². The van der Waals surface area contributed by atoms with Crippen molar-refractivity contribution in [1.29, 1.82) is 0 Å². The maximum absolute atomic E-state index is 13.2. The van der Waals surface area contributed by atoms with Crippen LogP contribution < -0.4 is 5.32 Å². The molecule has 0 spiro atoms. The minimum Gasteiger partial charge on any atom is -0.480 e. The number of carbonyl (C=O) groups excluding carboxylic acids is 2. The summed E-state index contributed by atoms with van der Waals surface area (Å²) in [4.78, 5) is 38.1. The Labute approximate surface area is 205 Å². The van der Waals surface area contributed by atoms with Gasteiger partial charge in [0.1, 0.15) is 19.3 Å². The van der Waals surface area contributed by atoms with Crippen LogP contribution in [-0.4, -0.2) is 86.4 Å². The van der Waals surface area contributed by atoms with Crippen LogP contribution in [-0.2, 0) is 34.4 Å². The smallest absolute Gasteiger partial charge is 0.345 e. The number of carbonyl (C=O) groups is 3. The number of hydrogen-bond donors (Lipinski definition) is 2. The van der Waals surface area contributed by atoms with Crippen molar-refractivity contribution < 1.29 is 33.1 Å². The number of benzene rings is 2. The Hall–Kier alpha value is -3.04. The lowest BCUT2D eigenvalue weighted by Gasteiger charge is -2.22. The van der Waals surface area contributed by atoms with Crippen molar-refractivity contribution in [3.63, 3.8) is 0 Å². The van der Waals surface area contributed by atoms with Crippen molar-refractivity contribution >= 4 is 25.4 Å². The zero-order valence-corrected chi connectivity index (χ0v) is 21.2. The van der Waals surface area contributed by atoms with E-state index < -0.39 is 50.9 Å². The van der Waals surface area contributed by atoms with E-state index in [0.717, 1.165) is 16.7 Å². The number of carboxylic acids is 1. The standard InChI is InChI=1S/C24H32N3O7P/c1-26(2)22(28)15-33-35(32,34-16-23(29)27(3)4)17-25-21(24(30)31)14-18-10-12-20(13-11-18)19-8-6-5-7-9-19/h5-13,21,25H,14-17H2,1-4H3,(H,30,31)/t21-/m0/s1. The highest BCUT2D eigenvalue weighted by Crippen LogP contribution is 2.47. The second-order valence-corrected chi connectivity index (χ2v) is 10.3. The summed E-state index contributed by atoms with van der Waals surface area (Å²) >= 11 is 0. The van der Waals surface area contributed by atoms with E-state index in [2.05, 4.69) is 5.32 Å². The maximum Gasteiger partial charge on any atom is 0.345 e. The first-order valence-corrected chi connectivity index (χ1v) is 12.6. The Morgan fingerprint density at radius 3 is 1.80 bits per heavy atom. The second-order valence-electron chi connectivity index (χ2n) is 8.25. The molecule has 2 N–H and O–H groups in total. The van der Waals surface area contributed by atoms with Crippen LogP contribution in [0.2, 0.25) is 0 Å². The fraction of sp³-hybridized carbons (Fsp3) is 0.375. The molecule has 0 bridgehead atoms. The summed E-state index contributed by atoms with van der Waals surface area (Å²) in [7, 11) is 2.01. The van der Waals surface area contributed by atoms with Gasteiger partial charge in [0.15, 0.2) is 0 Å². The van der Waals surface area contributed by atoms with Gasteiger partial charge < -0.3 is 14.9 Å². The number of nitrogens with zero attached hydrogens (tertiary/aromatic N) is 2. The normalized spacial score (nSPS) is 12.1. The van der Waals surface area contributed by atoms with E-state index in [4.69, 9.17) is 9.05 Å². The van der Waals surface area contributed by atoms with Crippen molar-refractivity contribution in [2.24, 2.45) is 0 Å². The minimum absolute atomic E-state index is 0.109. The highest BCUT2D eigenvalue weighted by molar-refractivity contribution is 7.53. The molecule has 0 radical (unpaired) electrons. The number of amides is 2. The van der Waals surface area contributed by atoms with Crippen LogP contribution in [0.4, 0.5) is 0 Å². The minimum atomic E-state index is -4.02. The van der Waals surface area contributed by atoms with E-state index >= 15 is 0 Å². The topological polar surface area (TPSA) is 125 Å². The van der Waals surface area contributed by atoms with Crippen LogP contribution in [0.3, 0.4) is 0 Å². The fourth-order valence-corrected chi connectivity index (χ4v) is 4.18. The van der Waals surface area contributed by atoms with Gasteiger partial charge in [-0.25, -0.2) is 0 Å². The molecule has 0 saturated heterocycles. The molecule has 10 nitrogen and oxygen atoms in total. The first-order valence-electron chi connectivity index (χ1n) is 10.9. The van der Waals surface area contributed by atoms with Gasteiger partial charge in [0.05, 0.1) is 6.29 Å². The van der Waals surface area contributed by atoms with Gasteiger partial charge >= 0.3 is 13.6 Å². The average Bonchev–Trinajstić information content (AvgIpc) is 2.84. The Bertz CT molecular complexity index is 1010. The first-order chi connectivity index (χ1) is 16.5. The molecule has 2 aromatic carbocycles. The molecule has 0 aliphatic rings. The van der Waals surface area contributed by atoms with Gasteiger partial charge in [0.25, 0.3) is 0 Å². The van der Waals surface area contributed by atoms with Crippen molar-refractivity contribution in [2.75, 3.05) is 47.7 Å². The molecule has 11 heteroatoms. The molecule has 1 atom stereocenters. The molecule has 35 heavy (non-hydrogen) atoms. The average molecular weight is 506 g/mol. The van der Waals surface area contributed by atoms with Gasteiger partial charge in [-0.15, -0.1) is 0 Å². The monoisotopic (exact) mass is 505 g/mol. The van der Waals surface area contributed by atoms with Gasteiger partial charge in [0.2, 0.25) is 11.8 Å². The molecule has 0 unspecified atom stereocenters. The molecular weight excluding hydrogens is 473 g/mol. The Kier molecular flexibility index (Phi) is 10.6. The van der Waals surface area contributed by atoms with Gasteiger partial charge in [-0.1, -0.05) is 54.6 Å².